The summed E-state index contributed by atoms with van der Waals surface area (Å²) >= 11 is 0. The third-order valence-corrected chi connectivity index (χ3v) is 3.68. The van der Waals surface area contributed by atoms with Gasteiger partial charge >= 0.3 is 0 Å². The number of carbonyl (C=O) groups is 1. The monoisotopic (exact) mass is 355 g/mol. The van der Waals surface area contributed by atoms with Gasteiger partial charge in [-0.2, -0.15) is 0 Å². The van der Waals surface area contributed by atoms with E-state index in [2.05, 4.69) is 10.3 Å². The number of hydrogen-bond donors (Lipinski definition) is 2. The van der Waals surface area contributed by atoms with Crippen molar-refractivity contribution in [2.24, 2.45) is 11.7 Å². The van der Waals surface area contributed by atoms with E-state index in [-0.39, 0.29) is 48.7 Å². The van der Waals surface area contributed by atoms with Crippen LogP contribution in [-0.2, 0) is 4.79 Å². The van der Waals surface area contributed by atoms with Gasteiger partial charge in [0.2, 0.25) is 5.91 Å². The van der Waals surface area contributed by atoms with E-state index < -0.39 is 0 Å². The lowest BCUT2D eigenvalue weighted by molar-refractivity contribution is -0.125. The summed E-state index contributed by atoms with van der Waals surface area (Å²) in [7, 11) is 0. The minimum absolute atomic E-state index is 0. The van der Waals surface area contributed by atoms with Gasteiger partial charge in [-0.05, 0) is 24.1 Å². The lowest BCUT2D eigenvalue weighted by Crippen LogP contribution is -2.36. The number of nitrogens with zero attached hydrogens (tertiary/aromatic N) is 1. The third kappa shape index (κ3) is 5.82. The fraction of sp³-hybridized carbons (Fsp3) is 0.294. The molecule has 2 unspecified atom stereocenters. The van der Waals surface area contributed by atoms with E-state index in [4.69, 9.17) is 5.73 Å². The molecule has 1 amide bonds. The van der Waals surface area contributed by atoms with Crippen molar-refractivity contribution in [1.82, 2.24) is 10.3 Å². The Morgan fingerprint density at radius 2 is 1.65 bits per heavy atom. The zero-order chi connectivity index (χ0) is 15.2. The molecule has 126 valence electrons. The van der Waals surface area contributed by atoms with E-state index in [9.17, 15) is 4.79 Å². The van der Waals surface area contributed by atoms with Crippen molar-refractivity contribution >= 4 is 30.7 Å². The van der Waals surface area contributed by atoms with Crippen LogP contribution in [0.2, 0.25) is 0 Å². The van der Waals surface area contributed by atoms with Crippen molar-refractivity contribution in [1.29, 1.82) is 0 Å². The molecule has 0 aliphatic carbocycles. The normalized spacial score (nSPS) is 13.7. The number of benzene rings is 1. The predicted octanol–water partition coefficient (Wildman–Crippen LogP) is 3.44. The highest BCUT2D eigenvalue weighted by atomic mass is 35.5. The zero-order valence-corrected chi connectivity index (χ0v) is 14.8. The summed E-state index contributed by atoms with van der Waals surface area (Å²) in [6.45, 7) is 3.79. The summed E-state index contributed by atoms with van der Waals surface area (Å²) < 4.78 is 0. The maximum atomic E-state index is 12.3. The standard InChI is InChI=1S/C17H21N3O.2ClH/c1-12(16(18)14-7-4-3-5-8-14)17(21)20-13(2)15-9-6-10-19-11-15;;/h3-13,16H,18H2,1-2H3,(H,20,21);2*1H/t12?,13-,16?;;/m0../s1. The number of carbonyl (C=O) groups excluding carboxylic acids is 1. The number of rotatable bonds is 5. The van der Waals surface area contributed by atoms with Crippen LogP contribution in [0.5, 0.6) is 0 Å². The maximum absolute atomic E-state index is 12.3. The minimum atomic E-state index is -0.313. The molecule has 0 aliphatic rings. The summed E-state index contributed by atoms with van der Waals surface area (Å²) in [4.78, 5) is 16.4. The van der Waals surface area contributed by atoms with Crippen LogP contribution < -0.4 is 11.1 Å². The van der Waals surface area contributed by atoms with Gasteiger partial charge in [0.25, 0.3) is 0 Å². The molecule has 1 aromatic heterocycles. The lowest BCUT2D eigenvalue weighted by Gasteiger charge is -2.22. The molecule has 23 heavy (non-hydrogen) atoms. The third-order valence-electron chi connectivity index (χ3n) is 3.68. The van der Waals surface area contributed by atoms with Crippen LogP contribution in [0.25, 0.3) is 0 Å². The van der Waals surface area contributed by atoms with Crippen molar-refractivity contribution in [2.45, 2.75) is 25.9 Å². The Kier molecular flexibility index (Phi) is 9.49. The number of hydrogen-bond acceptors (Lipinski definition) is 3. The Bertz CT molecular complexity index is 581. The molecule has 2 rings (SSSR count). The largest absolute Gasteiger partial charge is 0.349 e. The van der Waals surface area contributed by atoms with Crippen molar-refractivity contribution in [2.75, 3.05) is 0 Å². The van der Waals surface area contributed by atoms with Gasteiger partial charge in [-0.15, -0.1) is 24.8 Å². The second-order valence-electron chi connectivity index (χ2n) is 5.24. The van der Waals surface area contributed by atoms with E-state index in [1.54, 1.807) is 12.4 Å². The lowest BCUT2D eigenvalue weighted by atomic mass is 9.94. The van der Waals surface area contributed by atoms with E-state index in [1.807, 2.05) is 56.3 Å². The molecular formula is C17H23Cl2N3O. The Morgan fingerprint density at radius 1 is 1.04 bits per heavy atom. The molecule has 4 nitrogen and oxygen atoms in total. The molecule has 2 aromatic rings. The van der Waals surface area contributed by atoms with E-state index in [1.165, 1.54) is 0 Å². The molecule has 1 aromatic carbocycles. The Balaban J connectivity index is 0.00000242. The van der Waals surface area contributed by atoms with Gasteiger partial charge in [-0.3, -0.25) is 9.78 Å². The number of nitrogens with two attached hydrogens (primary N) is 1. The topological polar surface area (TPSA) is 68.0 Å². The Hall–Kier alpha value is -1.62. The first-order valence-electron chi connectivity index (χ1n) is 7.10. The average molecular weight is 356 g/mol. The molecule has 3 atom stereocenters. The summed E-state index contributed by atoms with van der Waals surface area (Å²) in [6.07, 6.45) is 3.47. The van der Waals surface area contributed by atoms with Crippen LogP contribution in [0.15, 0.2) is 54.9 Å². The molecule has 0 spiro atoms. The highest BCUT2D eigenvalue weighted by Crippen LogP contribution is 2.20. The summed E-state index contributed by atoms with van der Waals surface area (Å²) in [5.41, 5.74) is 8.13. The molecule has 0 radical (unpaired) electrons. The minimum Gasteiger partial charge on any atom is -0.349 e. The van der Waals surface area contributed by atoms with E-state index in [0.29, 0.717) is 0 Å². The van der Waals surface area contributed by atoms with Gasteiger partial charge in [-0.1, -0.05) is 43.3 Å². The number of nitrogens with one attached hydrogen (secondary N) is 1. The summed E-state index contributed by atoms with van der Waals surface area (Å²) in [5.74, 6) is -0.353. The molecule has 0 saturated carbocycles. The number of halogens is 2. The van der Waals surface area contributed by atoms with Gasteiger partial charge in [0.05, 0.1) is 12.0 Å². The number of pyridine rings is 1. The van der Waals surface area contributed by atoms with Gasteiger partial charge in [0, 0.05) is 18.4 Å². The molecule has 0 bridgehead atoms. The van der Waals surface area contributed by atoms with Crippen molar-refractivity contribution in [3.05, 3.63) is 66.0 Å². The number of amides is 1. The van der Waals surface area contributed by atoms with Gasteiger partial charge in [-0.25, -0.2) is 0 Å². The predicted molar refractivity (Wildman–Crippen MR) is 97.8 cm³/mol. The summed E-state index contributed by atoms with van der Waals surface area (Å²) in [5, 5.41) is 2.99. The van der Waals surface area contributed by atoms with Gasteiger partial charge in [0.15, 0.2) is 0 Å². The van der Waals surface area contributed by atoms with E-state index >= 15 is 0 Å². The van der Waals surface area contributed by atoms with Crippen LogP contribution >= 0.6 is 24.8 Å². The fourth-order valence-corrected chi connectivity index (χ4v) is 2.19. The molecular weight excluding hydrogens is 333 g/mol. The Morgan fingerprint density at radius 3 is 2.22 bits per heavy atom. The van der Waals surface area contributed by atoms with Crippen LogP contribution in [0.4, 0.5) is 0 Å². The first-order valence-corrected chi connectivity index (χ1v) is 7.10. The highest BCUT2D eigenvalue weighted by molar-refractivity contribution is 5.85. The van der Waals surface area contributed by atoms with E-state index in [0.717, 1.165) is 11.1 Å². The van der Waals surface area contributed by atoms with Crippen LogP contribution in [-0.4, -0.2) is 10.9 Å². The SMILES string of the molecule is CC(C(=O)N[C@@H](C)c1cccnc1)C(N)c1ccccc1.Cl.Cl. The second-order valence-corrected chi connectivity index (χ2v) is 5.24. The first-order chi connectivity index (χ1) is 10.1. The van der Waals surface area contributed by atoms with Crippen molar-refractivity contribution < 1.29 is 4.79 Å². The molecule has 3 N–H and O–H groups in total. The zero-order valence-electron chi connectivity index (χ0n) is 13.2. The van der Waals surface area contributed by atoms with Crippen molar-refractivity contribution in [3.63, 3.8) is 0 Å². The second kappa shape index (κ2) is 10.2. The highest BCUT2D eigenvalue weighted by Gasteiger charge is 2.23. The quantitative estimate of drug-likeness (QED) is 0.862. The summed E-state index contributed by atoms with van der Waals surface area (Å²) in [6, 6.07) is 13.1. The molecule has 1 heterocycles. The fourth-order valence-electron chi connectivity index (χ4n) is 2.19. The van der Waals surface area contributed by atoms with Gasteiger partial charge < -0.3 is 11.1 Å². The average Bonchev–Trinajstić information content (AvgIpc) is 2.55. The van der Waals surface area contributed by atoms with Crippen LogP contribution in [0, 0.1) is 5.92 Å². The van der Waals surface area contributed by atoms with Gasteiger partial charge in [0.1, 0.15) is 0 Å². The molecule has 0 aliphatic heterocycles. The first kappa shape index (κ1) is 21.4. The molecule has 0 saturated heterocycles. The van der Waals surface area contributed by atoms with Crippen LogP contribution in [0.3, 0.4) is 0 Å². The smallest absolute Gasteiger partial charge is 0.225 e. The number of aromatic nitrogens is 1. The molecule has 0 fully saturated rings. The van der Waals surface area contributed by atoms with Crippen LogP contribution in [0.1, 0.15) is 37.1 Å². The maximum Gasteiger partial charge on any atom is 0.225 e. The Labute approximate surface area is 149 Å². The molecule has 6 heteroatoms. The van der Waals surface area contributed by atoms with Crippen molar-refractivity contribution in [3.8, 4) is 0 Å².